The highest BCUT2D eigenvalue weighted by Crippen LogP contribution is 2.06. The van der Waals surface area contributed by atoms with Crippen molar-refractivity contribution in [2.75, 3.05) is 26.7 Å². The highest BCUT2D eigenvalue weighted by molar-refractivity contribution is 5.85. The van der Waals surface area contributed by atoms with Gasteiger partial charge in [-0.3, -0.25) is 9.69 Å². The van der Waals surface area contributed by atoms with E-state index in [1.807, 2.05) is 0 Å². The molecule has 4 nitrogen and oxygen atoms in total. The zero-order valence-electron chi connectivity index (χ0n) is 8.36. The van der Waals surface area contributed by atoms with Gasteiger partial charge in [0, 0.05) is 26.2 Å². The van der Waals surface area contributed by atoms with Gasteiger partial charge in [0.05, 0.1) is 6.54 Å². The average molecular weight is 244 g/mol. The first-order valence-corrected chi connectivity index (χ1v) is 4.41. The van der Waals surface area contributed by atoms with Crippen molar-refractivity contribution < 1.29 is 4.79 Å². The number of likely N-dealkylation sites (N-methyl/N-ethyl adjacent to an activating group) is 1. The summed E-state index contributed by atoms with van der Waals surface area (Å²) in [5.41, 5.74) is 5.73. The maximum absolute atomic E-state index is 11.0. The summed E-state index contributed by atoms with van der Waals surface area (Å²) >= 11 is 0. The Morgan fingerprint density at radius 2 is 1.93 bits per heavy atom. The van der Waals surface area contributed by atoms with Crippen LogP contribution in [0.2, 0.25) is 0 Å². The number of halogens is 2. The van der Waals surface area contributed by atoms with Crippen LogP contribution < -0.4 is 11.1 Å². The second-order valence-corrected chi connectivity index (χ2v) is 3.29. The van der Waals surface area contributed by atoms with Crippen LogP contribution in [0.3, 0.4) is 0 Å². The highest BCUT2D eigenvalue weighted by Gasteiger charge is 2.17. The number of rotatable bonds is 2. The summed E-state index contributed by atoms with van der Waals surface area (Å²) in [6.45, 7) is 2.42. The fourth-order valence-electron chi connectivity index (χ4n) is 1.39. The van der Waals surface area contributed by atoms with Crippen LogP contribution >= 0.6 is 24.8 Å². The molecule has 1 saturated heterocycles. The molecule has 0 spiro atoms. The minimum atomic E-state index is 0. The molecule has 0 atom stereocenters. The number of carbonyl (C=O) groups excluding carboxylic acids is 1. The lowest BCUT2D eigenvalue weighted by Gasteiger charge is -2.29. The lowest BCUT2D eigenvalue weighted by molar-refractivity contribution is -0.122. The van der Waals surface area contributed by atoms with Gasteiger partial charge < -0.3 is 11.1 Å². The predicted octanol–water partition coefficient (Wildman–Crippen LogP) is -0.000900. The van der Waals surface area contributed by atoms with Gasteiger partial charge in [-0.15, -0.1) is 24.8 Å². The summed E-state index contributed by atoms with van der Waals surface area (Å²) in [5, 5.41) is 2.61. The van der Waals surface area contributed by atoms with Crippen LogP contribution in [0.4, 0.5) is 0 Å². The minimum Gasteiger partial charge on any atom is -0.358 e. The predicted molar refractivity (Wildman–Crippen MR) is 62.2 cm³/mol. The van der Waals surface area contributed by atoms with E-state index in [1.54, 1.807) is 7.05 Å². The number of hydrogen-bond donors (Lipinski definition) is 2. The average Bonchev–Trinajstić information content (AvgIpc) is 2.09. The number of amides is 1. The lowest BCUT2D eigenvalue weighted by atomic mass is 10.1. The van der Waals surface area contributed by atoms with Gasteiger partial charge in [-0.25, -0.2) is 0 Å². The number of piperidine rings is 1. The van der Waals surface area contributed by atoms with E-state index in [4.69, 9.17) is 5.73 Å². The molecule has 0 aromatic carbocycles. The normalized spacial score (nSPS) is 17.9. The van der Waals surface area contributed by atoms with Crippen LogP contribution in [0.1, 0.15) is 12.8 Å². The van der Waals surface area contributed by atoms with Gasteiger partial charge in [0.1, 0.15) is 0 Å². The molecular weight excluding hydrogens is 225 g/mol. The molecule has 0 aromatic rings. The van der Waals surface area contributed by atoms with Crippen molar-refractivity contribution in [2.24, 2.45) is 5.73 Å². The molecule has 1 fully saturated rings. The van der Waals surface area contributed by atoms with Crippen molar-refractivity contribution in [1.82, 2.24) is 10.2 Å². The zero-order chi connectivity index (χ0) is 8.97. The molecule has 3 N–H and O–H groups in total. The Balaban J connectivity index is 0. The smallest absolute Gasteiger partial charge is 0.233 e. The molecule has 1 rings (SSSR count). The Hall–Kier alpha value is -0.0300. The van der Waals surface area contributed by atoms with Gasteiger partial charge in [0.2, 0.25) is 5.91 Å². The molecule has 0 radical (unpaired) electrons. The topological polar surface area (TPSA) is 58.4 Å². The number of nitrogens with one attached hydrogen (secondary N) is 1. The molecule has 0 aromatic heterocycles. The van der Waals surface area contributed by atoms with Crippen LogP contribution in [0.5, 0.6) is 0 Å². The van der Waals surface area contributed by atoms with Gasteiger partial charge in [0.15, 0.2) is 0 Å². The molecule has 86 valence electrons. The van der Waals surface area contributed by atoms with E-state index in [0.29, 0.717) is 12.6 Å². The van der Waals surface area contributed by atoms with Gasteiger partial charge in [0.25, 0.3) is 0 Å². The van der Waals surface area contributed by atoms with Crippen molar-refractivity contribution in [2.45, 2.75) is 18.9 Å². The Morgan fingerprint density at radius 3 is 2.36 bits per heavy atom. The first kappa shape index (κ1) is 16.4. The Bertz CT molecular complexity index is 161. The SMILES string of the molecule is CNC(=O)CN1CCC(N)CC1.Cl.Cl. The Morgan fingerprint density at radius 1 is 1.43 bits per heavy atom. The zero-order valence-corrected chi connectivity index (χ0v) is 10.00. The number of hydrogen-bond acceptors (Lipinski definition) is 3. The second-order valence-electron chi connectivity index (χ2n) is 3.29. The summed E-state index contributed by atoms with van der Waals surface area (Å²) < 4.78 is 0. The summed E-state index contributed by atoms with van der Waals surface area (Å²) in [7, 11) is 1.66. The number of nitrogens with two attached hydrogens (primary N) is 1. The van der Waals surface area contributed by atoms with Crippen LogP contribution in [-0.2, 0) is 4.79 Å². The minimum absolute atomic E-state index is 0. The monoisotopic (exact) mass is 243 g/mol. The second kappa shape index (κ2) is 8.29. The third kappa shape index (κ3) is 5.65. The molecule has 1 amide bonds. The van der Waals surface area contributed by atoms with Crippen molar-refractivity contribution in [3.8, 4) is 0 Å². The molecule has 1 aliphatic heterocycles. The molecular formula is C8H19Cl2N3O. The van der Waals surface area contributed by atoms with E-state index in [-0.39, 0.29) is 30.7 Å². The van der Waals surface area contributed by atoms with Gasteiger partial charge in [-0.05, 0) is 12.8 Å². The third-order valence-corrected chi connectivity index (χ3v) is 2.28. The maximum Gasteiger partial charge on any atom is 0.233 e. The van der Waals surface area contributed by atoms with E-state index in [9.17, 15) is 4.79 Å². The summed E-state index contributed by atoms with van der Waals surface area (Å²) in [6.07, 6.45) is 2.02. The van der Waals surface area contributed by atoms with E-state index < -0.39 is 0 Å². The first-order chi connectivity index (χ1) is 5.72. The van der Waals surface area contributed by atoms with Crippen LogP contribution in [-0.4, -0.2) is 43.5 Å². The van der Waals surface area contributed by atoms with E-state index >= 15 is 0 Å². The van der Waals surface area contributed by atoms with Gasteiger partial charge >= 0.3 is 0 Å². The van der Waals surface area contributed by atoms with E-state index in [2.05, 4.69) is 10.2 Å². The lowest BCUT2D eigenvalue weighted by Crippen LogP contribution is -2.43. The fourth-order valence-corrected chi connectivity index (χ4v) is 1.39. The Kier molecular flexibility index (Phi) is 9.72. The molecule has 0 bridgehead atoms. The first-order valence-electron chi connectivity index (χ1n) is 4.41. The molecule has 1 heterocycles. The molecule has 14 heavy (non-hydrogen) atoms. The standard InChI is InChI=1S/C8H17N3O.2ClH/c1-10-8(12)6-11-4-2-7(9)3-5-11;;/h7H,2-6,9H2,1H3,(H,10,12);2*1H. The van der Waals surface area contributed by atoms with Crippen LogP contribution in [0, 0.1) is 0 Å². The molecule has 0 saturated carbocycles. The number of likely N-dealkylation sites (tertiary alicyclic amines) is 1. The highest BCUT2D eigenvalue weighted by atomic mass is 35.5. The summed E-state index contributed by atoms with van der Waals surface area (Å²) in [4.78, 5) is 13.1. The van der Waals surface area contributed by atoms with Gasteiger partial charge in [-0.1, -0.05) is 0 Å². The van der Waals surface area contributed by atoms with Crippen LogP contribution in [0.25, 0.3) is 0 Å². The van der Waals surface area contributed by atoms with Crippen molar-refractivity contribution in [3.05, 3.63) is 0 Å². The molecule has 1 aliphatic rings. The van der Waals surface area contributed by atoms with Crippen molar-refractivity contribution in [3.63, 3.8) is 0 Å². The fraction of sp³-hybridized carbons (Fsp3) is 0.875. The van der Waals surface area contributed by atoms with E-state index in [0.717, 1.165) is 25.9 Å². The molecule has 6 heteroatoms. The quantitative estimate of drug-likeness (QED) is 0.718. The van der Waals surface area contributed by atoms with Gasteiger partial charge in [-0.2, -0.15) is 0 Å². The maximum atomic E-state index is 11.0. The number of carbonyl (C=O) groups is 1. The van der Waals surface area contributed by atoms with E-state index in [1.165, 1.54) is 0 Å². The van der Waals surface area contributed by atoms with Crippen molar-refractivity contribution in [1.29, 1.82) is 0 Å². The largest absolute Gasteiger partial charge is 0.358 e. The Labute approximate surface area is 97.4 Å². The summed E-state index contributed by atoms with van der Waals surface area (Å²) in [5.74, 6) is 0.0884. The van der Waals surface area contributed by atoms with Crippen molar-refractivity contribution >= 4 is 30.7 Å². The number of nitrogens with zero attached hydrogens (tertiary/aromatic N) is 1. The third-order valence-electron chi connectivity index (χ3n) is 2.28. The van der Waals surface area contributed by atoms with Crippen LogP contribution in [0.15, 0.2) is 0 Å². The molecule has 0 aliphatic carbocycles. The molecule has 0 unspecified atom stereocenters. The summed E-state index contributed by atoms with van der Waals surface area (Å²) in [6, 6.07) is 0.339.